The third-order valence-electron chi connectivity index (χ3n) is 3.53. The number of nitrogens with zero attached hydrogens (tertiary/aromatic N) is 4. The Balaban J connectivity index is 1.95. The molecule has 0 bridgehead atoms. The third kappa shape index (κ3) is 4.41. The van der Waals surface area contributed by atoms with Crippen molar-refractivity contribution in [3.05, 3.63) is 52.0 Å². The minimum Gasteiger partial charge on any atom is -0.324 e. The number of benzene rings is 1. The van der Waals surface area contributed by atoms with Gasteiger partial charge in [0.05, 0.1) is 14.7 Å². The molecule has 3 aromatic rings. The Morgan fingerprint density at radius 2 is 1.82 bits per heavy atom. The lowest BCUT2D eigenvalue weighted by Gasteiger charge is -2.13. The van der Waals surface area contributed by atoms with Gasteiger partial charge in [0.25, 0.3) is 0 Å². The second-order valence-corrected chi connectivity index (χ2v) is 8.52. The van der Waals surface area contributed by atoms with Crippen molar-refractivity contribution < 1.29 is 21.6 Å². The summed E-state index contributed by atoms with van der Waals surface area (Å²) in [4.78, 5) is 7.68. The maximum atomic E-state index is 13.3. The molecule has 0 saturated heterocycles. The summed E-state index contributed by atoms with van der Waals surface area (Å²) < 4.78 is 67.2. The summed E-state index contributed by atoms with van der Waals surface area (Å²) in [5, 5.41) is 6.62. The minimum absolute atomic E-state index is 0.0423. The predicted molar refractivity (Wildman–Crippen MR) is 103 cm³/mol. The van der Waals surface area contributed by atoms with E-state index >= 15 is 0 Å². The number of alkyl halides is 3. The number of rotatable bonds is 5. The molecule has 0 aliphatic heterocycles. The Bertz CT molecular complexity index is 1100. The molecule has 2 N–H and O–H groups in total. The third-order valence-corrected chi connectivity index (χ3v) is 5.52. The van der Waals surface area contributed by atoms with Gasteiger partial charge >= 0.3 is 6.18 Å². The van der Waals surface area contributed by atoms with E-state index in [9.17, 15) is 21.6 Å². The quantitative estimate of drug-likeness (QED) is 0.498. The van der Waals surface area contributed by atoms with Crippen LogP contribution in [0.4, 0.5) is 24.8 Å². The summed E-state index contributed by atoms with van der Waals surface area (Å²) in [7, 11) is -2.31. The van der Waals surface area contributed by atoms with E-state index in [0.717, 1.165) is 4.68 Å². The van der Waals surface area contributed by atoms with Crippen LogP contribution < -0.4 is 10.0 Å². The average molecular weight is 524 g/mol. The van der Waals surface area contributed by atoms with Crippen molar-refractivity contribution >= 4 is 44.2 Å². The number of halogens is 4. The number of hydrogen-bond acceptors (Lipinski definition) is 6. The molecule has 0 aliphatic carbocycles. The zero-order chi connectivity index (χ0) is 20.5. The van der Waals surface area contributed by atoms with E-state index in [1.54, 1.807) is 0 Å². The first-order valence-electron chi connectivity index (χ1n) is 7.55. The summed E-state index contributed by atoms with van der Waals surface area (Å²) in [5.74, 6) is -0.528. The molecule has 8 nitrogen and oxygen atoms in total. The van der Waals surface area contributed by atoms with E-state index in [1.165, 1.54) is 43.7 Å². The summed E-state index contributed by atoms with van der Waals surface area (Å²) in [6.45, 7) is 0. The Morgan fingerprint density at radius 3 is 2.36 bits per heavy atom. The highest BCUT2D eigenvalue weighted by Crippen LogP contribution is 2.33. The molecule has 0 aliphatic rings. The van der Waals surface area contributed by atoms with Gasteiger partial charge in [0.15, 0.2) is 5.82 Å². The summed E-state index contributed by atoms with van der Waals surface area (Å²) in [6.07, 6.45) is -1.19. The Labute approximate surface area is 171 Å². The molecule has 1 aromatic carbocycles. The lowest BCUT2D eigenvalue weighted by atomic mass is 10.3. The zero-order valence-corrected chi connectivity index (χ0v) is 17.0. The van der Waals surface area contributed by atoms with Crippen molar-refractivity contribution in [2.45, 2.75) is 11.1 Å². The van der Waals surface area contributed by atoms with Gasteiger partial charge in [-0.3, -0.25) is 0 Å². The average Bonchev–Trinajstić information content (AvgIpc) is 3.07. The van der Waals surface area contributed by atoms with Crippen molar-refractivity contribution in [3.8, 4) is 5.82 Å². The molecular weight excluding hydrogens is 512 g/mol. The fraction of sp³-hybridized carbons (Fsp3) is 0.133. The van der Waals surface area contributed by atoms with Gasteiger partial charge in [-0.1, -0.05) is 0 Å². The molecule has 3 rings (SSSR count). The van der Waals surface area contributed by atoms with Crippen molar-refractivity contribution in [2.24, 2.45) is 0 Å². The Kier molecular flexibility index (Phi) is 5.58. The molecule has 0 spiro atoms. The van der Waals surface area contributed by atoms with Crippen LogP contribution in [0.25, 0.3) is 5.82 Å². The van der Waals surface area contributed by atoms with Crippen molar-refractivity contribution in [3.63, 3.8) is 0 Å². The van der Waals surface area contributed by atoms with Gasteiger partial charge in [0.2, 0.25) is 16.0 Å². The van der Waals surface area contributed by atoms with Crippen LogP contribution in [0.15, 0.2) is 47.8 Å². The molecule has 2 heterocycles. The highest BCUT2D eigenvalue weighted by Gasteiger charge is 2.36. The largest absolute Gasteiger partial charge is 0.421 e. The minimum atomic E-state index is -4.66. The van der Waals surface area contributed by atoms with Crippen LogP contribution in [0.2, 0.25) is 0 Å². The standard InChI is InChI=1S/C15H12F3IN6O2S/c1-20-28(26,27)11-4-2-10(3-5-11)23-14-21-7-12(15(16,17)18)13(24-14)25-8-9(19)6-22-25/h2-8,20H,1H3,(H,21,23,24). The highest BCUT2D eigenvalue weighted by atomic mass is 127. The zero-order valence-electron chi connectivity index (χ0n) is 14.1. The van der Waals surface area contributed by atoms with E-state index in [1.807, 2.05) is 22.6 Å². The first kappa shape index (κ1) is 20.5. The van der Waals surface area contributed by atoms with Crippen LogP contribution in [0.1, 0.15) is 5.56 Å². The highest BCUT2D eigenvalue weighted by molar-refractivity contribution is 14.1. The summed E-state index contributed by atoms with van der Waals surface area (Å²) >= 11 is 1.92. The number of aromatic nitrogens is 4. The molecule has 0 saturated carbocycles. The molecule has 0 amide bonds. The lowest BCUT2D eigenvalue weighted by molar-refractivity contribution is -0.138. The lowest BCUT2D eigenvalue weighted by Crippen LogP contribution is -2.18. The Morgan fingerprint density at radius 1 is 1.14 bits per heavy atom. The van der Waals surface area contributed by atoms with E-state index in [-0.39, 0.29) is 10.8 Å². The van der Waals surface area contributed by atoms with Crippen LogP contribution in [0.5, 0.6) is 0 Å². The Hall–Kier alpha value is -2.26. The maximum absolute atomic E-state index is 13.3. The smallest absolute Gasteiger partial charge is 0.324 e. The van der Waals surface area contributed by atoms with Gasteiger partial charge in [-0.2, -0.15) is 23.3 Å². The second kappa shape index (κ2) is 7.63. The van der Waals surface area contributed by atoms with E-state index in [4.69, 9.17) is 0 Å². The summed E-state index contributed by atoms with van der Waals surface area (Å²) in [5.41, 5.74) is -0.635. The first-order chi connectivity index (χ1) is 13.1. The first-order valence-corrected chi connectivity index (χ1v) is 10.1. The molecule has 28 heavy (non-hydrogen) atoms. The van der Waals surface area contributed by atoms with Gasteiger partial charge in [0, 0.05) is 18.1 Å². The molecule has 2 aromatic heterocycles. The molecule has 13 heteroatoms. The van der Waals surface area contributed by atoms with E-state index < -0.39 is 27.6 Å². The van der Waals surface area contributed by atoms with Crippen LogP contribution in [0.3, 0.4) is 0 Å². The molecule has 0 radical (unpaired) electrons. The van der Waals surface area contributed by atoms with E-state index in [0.29, 0.717) is 15.5 Å². The number of sulfonamides is 1. The van der Waals surface area contributed by atoms with Gasteiger partial charge in [0.1, 0.15) is 5.56 Å². The molecule has 0 atom stereocenters. The van der Waals surface area contributed by atoms with Gasteiger partial charge in [-0.25, -0.2) is 22.8 Å². The second-order valence-electron chi connectivity index (χ2n) is 5.39. The predicted octanol–water partition coefficient (Wildman–Crippen LogP) is 2.94. The molecular formula is C15H12F3IN6O2S. The molecule has 148 valence electrons. The fourth-order valence-electron chi connectivity index (χ4n) is 2.19. The normalized spacial score (nSPS) is 12.2. The SMILES string of the molecule is CNS(=O)(=O)c1ccc(Nc2ncc(C(F)(F)F)c(-n3cc(I)cn3)n2)cc1. The number of anilines is 2. The molecule has 0 fully saturated rings. The van der Waals surface area contributed by atoms with Gasteiger partial charge in [-0.05, 0) is 53.9 Å². The fourth-order valence-corrected chi connectivity index (χ4v) is 3.31. The van der Waals surface area contributed by atoms with Crippen LogP contribution in [-0.4, -0.2) is 35.2 Å². The van der Waals surface area contributed by atoms with E-state index in [2.05, 4.69) is 25.1 Å². The topological polar surface area (TPSA) is 102 Å². The van der Waals surface area contributed by atoms with Gasteiger partial charge < -0.3 is 5.32 Å². The number of nitrogens with one attached hydrogen (secondary N) is 2. The van der Waals surface area contributed by atoms with Crippen LogP contribution >= 0.6 is 22.6 Å². The monoisotopic (exact) mass is 524 g/mol. The van der Waals surface area contributed by atoms with Crippen LogP contribution in [-0.2, 0) is 16.2 Å². The summed E-state index contributed by atoms with van der Waals surface area (Å²) in [6, 6.07) is 5.58. The van der Waals surface area contributed by atoms with Crippen LogP contribution in [0, 0.1) is 3.57 Å². The van der Waals surface area contributed by atoms with Crippen molar-refractivity contribution in [1.29, 1.82) is 0 Å². The molecule has 0 unspecified atom stereocenters. The number of hydrogen-bond donors (Lipinski definition) is 2. The van der Waals surface area contributed by atoms with Crippen molar-refractivity contribution in [1.82, 2.24) is 24.5 Å². The van der Waals surface area contributed by atoms with Gasteiger partial charge in [-0.15, -0.1) is 0 Å². The maximum Gasteiger partial charge on any atom is 0.421 e. The van der Waals surface area contributed by atoms with Crippen molar-refractivity contribution in [2.75, 3.05) is 12.4 Å².